The Morgan fingerprint density at radius 2 is 1.77 bits per heavy atom. The Balaban J connectivity index is 2.19. The van der Waals surface area contributed by atoms with Gasteiger partial charge in [0, 0.05) is 23.4 Å². The van der Waals surface area contributed by atoms with Crippen LogP contribution in [0.5, 0.6) is 0 Å². The van der Waals surface area contributed by atoms with Crippen LogP contribution >= 0.6 is 0 Å². The molecule has 2 aromatic carbocycles. The molecule has 8 nitrogen and oxygen atoms in total. The summed E-state index contributed by atoms with van der Waals surface area (Å²) < 4.78 is 39.8. The minimum absolute atomic E-state index is 0.000157. The number of hydrogen-bond donors (Lipinski definition) is 2. The molecule has 0 spiro atoms. The molecule has 138 valence electrons. The van der Waals surface area contributed by atoms with Gasteiger partial charge in [-0.15, -0.1) is 0 Å². The molecular formula is C16H16FN3O5S. The van der Waals surface area contributed by atoms with Crippen LogP contribution in [-0.4, -0.2) is 25.3 Å². The summed E-state index contributed by atoms with van der Waals surface area (Å²) in [5.74, 6) is -1.63. The summed E-state index contributed by atoms with van der Waals surface area (Å²) in [7, 11) is -3.68. The lowest BCUT2D eigenvalue weighted by molar-refractivity contribution is -0.387. The number of sulfonamides is 1. The first-order valence-corrected chi connectivity index (χ1v) is 8.96. The van der Waals surface area contributed by atoms with Gasteiger partial charge in [0.1, 0.15) is 0 Å². The van der Waals surface area contributed by atoms with Crippen molar-refractivity contribution in [1.82, 2.24) is 4.72 Å². The second-order valence-electron chi connectivity index (χ2n) is 5.68. The largest absolute Gasteiger partial charge is 0.322 e. The fraction of sp³-hybridized carbons (Fsp3) is 0.188. The zero-order valence-corrected chi connectivity index (χ0v) is 14.7. The van der Waals surface area contributed by atoms with Crippen molar-refractivity contribution in [3.63, 3.8) is 0 Å². The highest BCUT2D eigenvalue weighted by Crippen LogP contribution is 2.22. The average Bonchev–Trinajstić information content (AvgIpc) is 2.55. The van der Waals surface area contributed by atoms with Gasteiger partial charge in [0.2, 0.25) is 15.8 Å². The van der Waals surface area contributed by atoms with Crippen LogP contribution in [0.3, 0.4) is 0 Å². The lowest BCUT2D eigenvalue weighted by atomic mass is 10.2. The zero-order chi connectivity index (χ0) is 19.5. The molecule has 0 bridgehead atoms. The van der Waals surface area contributed by atoms with Crippen LogP contribution < -0.4 is 10.0 Å². The standard InChI is InChI=1S/C16H16FN3O5S/c1-10(2)19-26(24,25)13-6-3-11(4-7-13)16(21)18-12-5-8-14(17)15(9-12)20(22)23/h3-10,19H,1-2H3,(H,18,21). The molecule has 0 atom stereocenters. The lowest BCUT2D eigenvalue weighted by Gasteiger charge is -2.10. The number of benzene rings is 2. The summed E-state index contributed by atoms with van der Waals surface area (Å²) in [5, 5.41) is 13.1. The highest BCUT2D eigenvalue weighted by atomic mass is 32.2. The van der Waals surface area contributed by atoms with Gasteiger partial charge < -0.3 is 5.32 Å². The van der Waals surface area contributed by atoms with E-state index in [2.05, 4.69) is 10.0 Å². The summed E-state index contributed by atoms with van der Waals surface area (Å²) in [6.45, 7) is 3.36. The van der Waals surface area contributed by atoms with Crippen molar-refractivity contribution in [2.75, 3.05) is 5.32 Å². The normalized spacial score (nSPS) is 11.4. The number of nitro groups is 1. The highest BCUT2D eigenvalue weighted by molar-refractivity contribution is 7.89. The smallest absolute Gasteiger partial charge is 0.306 e. The zero-order valence-electron chi connectivity index (χ0n) is 13.9. The molecule has 2 rings (SSSR count). The van der Waals surface area contributed by atoms with E-state index >= 15 is 0 Å². The predicted octanol–water partition coefficient (Wildman–Crippen LogP) is 2.67. The Bertz CT molecular complexity index is 943. The van der Waals surface area contributed by atoms with Crippen LogP contribution in [0.15, 0.2) is 47.4 Å². The fourth-order valence-electron chi connectivity index (χ4n) is 2.10. The lowest BCUT2D eigenvalue weighted by Crippen LogP contribution is -2.30. The first kappa shape index (κ1) is 19.5. The Morgan fingerprint density at radius 3 is 2.31 bits per heavy atom. The third-order valence-electron chi connectivity index (χ3n) is 3.22. The predicted molar refractivity (Wildman–Crippen MR) is 92.9 cm³/mol. The first-order chi connectivity index (χ1) is 12.1. The Labute approximate surface area is 149 Å². The molecule has 0 aromatic heterocycles. The van der Waals surface area contributed by atoms with Gasteiger partial charge >= 0.3 is 5.69 Å². The van der Waals surface area contributed by atoms with Gasteiger partial charge in [-0.2, -0.15) is 4.39 Å². The van der Waals surface area contributed by atoms with Gasteiger partial charge in [-0.05, 0) is 50.2 Å². The van der Waals surface area contributed by atoms with E-state index in [0.717, 1.165) is 12.1 Å². The number of hydrogen-bond acceptors (Lipinski definition) is 5. The number of nitrogens with zero attached hydrogens (tertiary/aromatic N) is 1. The maximum atomic E-state index is 13.3. The van der Waals surface area contributed by atoms with E-state index in [9.17, 15) is 27.7 Å². The summed E-state index contributed by atoms with van der Waals surface area (Å²) >= 11 is 0. The van der Waals surface area contributed by atoms with Crippen molar-refractivity contribution in [2.24, 2.45) is 0 Å². The second-order valence-corrected chi connectivity index (χ2v) is 7.39. The molecular weight excluding hydrogens is 365 g/mol. The van der Waals surface area contributed by atoms with Crippen LogP contribution in [0.2, 0.25) is 0 Å². The third kappa shape index (κ3) is 4.61. The van der Waals surface area contributed by atoms with E-state index in [4.69, 9.17) is 0 Å². The molecule has 10 heteroatoms. The molecule has 0 saturated carbocycles. The third-order valence-corrected chi connectivity index (χ3v) is 4.89. The van der Waals surface area contributed by atoms with Gasteiger partial charge in [0.25, 0.3) is 5.91 Å². The summed E-state index contributed by atoms with van der Waals surface area (Å²) in [6.07, 6.45) is 0. The minimum Gasteiger partial charge on any atom is -0.322 e. The van der Waals surface area contributed by atoms with Crippen molar-refractivity contribution < 1.29 is 22.5 Å². The molecule has 2 N–H and O–H groups in total. The van der Waals surface area contributed by atoms with Crippen LogP contribution in [0.25, 0.3) is 0 Å². The number of halogens is 1. The first-order valence-electron chi connectivity index (χ1n) is 7.48. The number of nitrogens with one attached hydrogen (secondary N) is 2. The summed E-state index contributed by atoms with van der Waals surface area (Å²) in [5.41, 5.74) is -0.578. The van der Waals surface area contributed by atoms with Crippen LogP contribution in [0, 0.1) is 15.9 Å². The van der Waals surface area contributed by atoms with E-state index in [1.807, 2.05) is 0 Å². The van der Waals surface area contributed by atoms with E-state index in [1.54, 1.807) is 13.8 Å². The topological polar surface area (TPSA) is 118 Å². The quantitative estimate of drug-likeness (QED) is 0.589. The second kappa shape index (κ2) is 7.58. The van der Waals surface area contributed by atoms with Gasteiger partial charge in [0.05, 0.1) is 9.82 Å². The van der Waals surface area contributed by atoms with Crippen molar-refractivity contribution >= 4 is 27.3 Å². The maximum Gasteiger partial charge on any atom is 0.306 e. The Kier molecular flexibility index (Phi) is 5.68. The Hall–Kier alpha value is -2.85. The molecule has 0 aliphatic rings. The molecule has 0 radical (unpaired) electrons. The number of anilines is 1. The molecule has 1 amide bonds. The van der Waals surface area contributed by atoms with Crippen LogP contribution in [0.1, 0.15) is 24.2 Å². The summed E-state index contributed by atoms with van der Waals surface area (Å²) in [6, 6.07) is 7.84. The Morgan fingerprint density at radius 1 is 1.15 bits per heavy atom. The van der Waals surface area contributed by atoms with Gasteiger partial charge in [0.15, 0.2) is 0 Å². The molecule has 0 heterocycles. The number of amides is 1. The molecule has 26 heavy (non-hydrogen) atoms. The number of carbonyl (C=O) groups excluding carboxylic acids is 1. The van der Waals surface area contributed by atoms with Crippen molar-refractivity contribution in [3.05, 3.63) is 64.0 Å². The van der Waals surface area contributed by atoms with Gasteiger partial charge in [-0.25, -0.2) is 13.1 Å². The minimum atomic E-state index is -3.68. The van der Waals surface area contributed by atoms with Gasteiger partial charge in [-0.3, -0.25) is 14.9 Å². The van der Waals surface area contributed by atoms with Crippen molar-refractivity contribution in [3.8, 4) is 0 Å². The molecule has 0 aliphatic carbocycles. The molecule has 2 aromatic rings. The molecule has 0 aliphatic heterocycles. The number of nitro benzene ring substituents is 1. The molecule has 0 unspecified atom stereocenters. The molecule has 0 fully saturated rings. The number of carbonyl (C=O) groups is 1. The van der Waals surface area contributed by atoms with Crippen LogP contribution in [0.4, 0.5) is 15.8 Å². The fourth-order valence-corrected chi connectivity index (χ4v) is 3.35. The van der Waals surface area contributed by atoms with E-state index in [0.29, 0.717) is 0 Å². The SMILES string of the molecule is CC(C)NS(=O)(=O)c1ccc(C(=O)Nc2ccc(F)c([N+](=O)[O-])c2)cc1. The highest BCUT2D eigenvalue weighted by Gasteiger charge is 2.18. The van der Waals surface area contributed by atoms with E-state index in [-0.39, 0.29) is 22.2 Å². The van der Waals surface area contributed by atoms with E-state index < -0.39 is 32.4 Å². The average molecular weight is 381 g/mol. The van der Waals surface area contributed by atoms with E-state index in [1.165, 1.54) is 30.3 Å². The summed E-state index contributed by atoms with van der Waals surface area (Å²) in [4.78, 5) is 22.0. The van der Waals surface area contributed by atoms with Crippen LogP contribution in [-0.2, 0) is 10.0 Å². The van der Waals surface area contributed by atoms with Gasteiger partial charge in [-0.1, -0.05) is 0 Å². The molecule has 0 saturated heterocycles. The number of rotatable bonds is 6. The van der Waals surface area contributed by atoms with Crippen molar-refractivity contribution in [2.45, 2.75) is 24.8 Å². The maximum absolute atomic E-state index is 13.3. The monoisotopic (exact) mass is 381 g/mol. The van der Waals surface area contributed by atoms with Crippen molar-refractivity contribution in [1.29, 1.82) is 0 Å².